The van der Waals surface area contributed by atoms with Gasteiger partial charge in [-0.25, -0.2) is 13.2 Å². The van der Waals surface area contributed by atoms with Gasteiger partial charge >= 0.3 is 5.97 Å². The normalized spacial score (nSPS) is 10.2. The molecular formula is C8H7ClO4S. The molecule has 0 aromatic heterocycles. The molecule has 0 aliphatic carbocycles. The van der Waals surface area contributed by atoms with E-state index in [2.05, 4.69) is 4.74 Å². The van der Waals surface area contributed by atoms with Gasteiger partial charge in [-0.1, -0.05) is 17.7 Å². The van der Waals surface area contributed by atoms with Gasteiger partial charge < -0.3 is 4.74 Å². The van der Waals surface area contributed by atoms with E-state index in [4.69, 9.17) is 11.6 Å². The highest BCUT2D eigenvalue weighted by molar-refractivity contribution is 7.72. The zero-order valence-electron chi connectivity index (χ0n) is 7.19. The summed E-state index contributed by atoms with van der Waals surface area (Å²) in [6.45, 7) is 0. The Morgan fingerprint density at radius 1 is 1.43 bits per heavy atom. The number of methoxy groups -OCH3 is 1. The molecular weight excluding hydrogens is 228 g/mol. The van der Waals surface area contributed by atoms with Gasteiger partial charge in [-0.05, 0) is 12.1 Å². The smallest absolute Gasteiger partial charge is 0.339 e. The average molecular weight is 235 g/mol. The monoisotopic (exact) mass is 234 g/mol. The summed E-state index contributed by atoms with van der Waals surface area (Å²) in [6, 6.07) is 4.23. The second-order valence-electron chi connectivity index (χ2n) is 2.38. The number of carbonyl (C=O) groups excluding carboxylic acids is 1. The van der Waals surface area contributed by atoms with Crippen LogP contribution in [-0.2, 0) is 15.4 Å². The third kappa shape index (κ3) is 2.05. The molecule has 76 valence electrons. The molecule has 0 spiro atoms. The minimum atomic E-state index is -2.91. The molecule has 0 fully saturated rings. The van der Waals surface area contributed by atoms with Gasteiger partial charge in [-0.15, -0.1) is 0 Å². The molecule has 0 bridgehead atoms. The molecule has 0 saturated carbocycles. The summed E-state index contributed by atoms with van der Waals surface area (Å²) < 4.78 is 26.0. The van der Waals surface area contributed by atoms with Crippen LogP contribution in [0.1, 0.15) is 10.4 Å². The van der Waals surface area contributed by atoms with Gasteiger partial charge in [-0.2, -0.15) is 0 Å². The summed E-state index contributed by atoms with van der Waals surface area (Å²) in [5, 5.41) is 0.0176. The van der Waals surface area contributed by atoms with Crippen molar-refractivity contribution < 1.29 is 17.9 Å². The van der Waals surface area contributed by atoms with E-state index in [1.54, 1.807) is 0 Å². The van der Waals surface area contributed by atoms with Crippen LogP contribution in [-0.4, -0.2) is 21.5 Å². The Hall–Kier alpha value is -1.07. The standard InChI is InChI=1S/C8H7ClO4S/c1-13-8(10)5-3-2-4-6(9)7(5)14(11)12/h2-4,14H,1H3. The second-order valence-corrected chi connectivity index (χ2v) is 3.75. The lowest BCUT2D eigenvalue weighted by Crippen LogP contribution is -2.05. The first kappa shape index (κ1) is 11.0. The highest BCUT2D eigenvalue weighted by atomic mass is 35.5. The summed E-state index contributed by atoms with van der Waals surface area (Å²) in [4.78, 5) is 10.9. The van der Waals surface area contributed by atoms with Crippen molar-refractivity contribution in [2.24, 2.45) is 0 Å². The van der Waals surface area contributed by atoms with Gasteiger partial charge in [0.15, 0.2) is 10.7 Å². The molecule has 4 nitrogen and oxygen atoms in total. The Balaban J connectivity index is 3.43. The summed E-state index contributed by atoms with van der Waals surface area (Å²) in [7, 11) is -1.74. The van der Waals surface area contributed by atoms with E-state index in [1.165, 1.54) is 25.3 Å². The molecule has 0 atom stereocenters. The minimum absolute atomic E-state index is 0.0176. The molecule has 1 rings (SSSR count). The van der Waals surface area contributed by atoms with Crippen molar-refractivity contribution in [2.45, 2.75) is 4.90 Å². The van der Waals surface area contributed by atoms with E-state index in [0.717, 1.165) is 0 Å². The number of rotatable bonds is 2. The van der Waals surface area contributed by atoms with E-state index < -0.39 is 16.7 Å². The maximum atomic E-state index is 11.1. The third-order valence-corrected chi connectivity index (χ3v) is 2.87. The number of thiol groups is 1. The minimum Gasteiger partial charge on any atom is -0.465 e. The van der Waals surface area contributed by atoms with Crippen LogP contribution in [0.4, 0.5) is 0 Å². The maximum absolute atomic E-state index is 11.1. The van der Waals surface area contributed by atoms with Gasteiger partial charge in [0.25, 0.3) is 0 Å². The number of hydrogen-bond donors (Lipinski definition) is 1. The van der Waals surface area contributed by atoms with Gasteiger partial charge in [0, 0.05) is 0 Å². The quantitative estimate of drug-likeness (QED) is 0.615. The van der Waals surface area contributed by atoms with Crippen LogP contribution < -0.4 is 0 Å². The first-order valence-electron chi connectivity index (χ1n) is 3.59. The van der Waals surface area contributed by atoms with Crippen LogP contribution >= 0.6 is 11.6 Å². The van der Waals surface area contributed by atoms with Crippen molar-refractivity contribution in [3.8, 4) is 0 Å². The molecule has 0 unspecified atom stereocenters. The fraction of sp³-hybridized carbons (Fsp3) is 0.125. The third-order valence-electron chi connectivity index (χ3n) is 1.57. The lowest BCUT2D eigenvalue weighted by Gasteiger charge is -2.03. The molecule has 0 aliphatic heterocycles. The number of hydrogen-bond acceptors (Lipinski definition) is 4. The number of halogens is 1. The van der Waals surface area contributed by atoms with E-state index in [0.29, 0.717) is 0 Å². The van der Waals surface area contributed by atoms with Crippen molar-refractivity contribution in [1.29, 1.82) is 0 Å². The van der Waals surface area contributed by atoms with E-state index >= 15 is 0 Å². The largest absolute Gasteiger partial charge is 0.465 e. The predicted octanol–water partition coefficient (Wildman–Crippen LogP) is 1.10. The fourth-order valence-corrected chi connectivity index (χ4v) is 1.97. The molecule has 0 amide bonds. The zero-order valence-corrected chi connectivity index (χ0v) is 8.84. The SMILES string of the molecule is COC(=O)c1cccc(Cl)c1[SH](=O)=O. The molecule has 0 aliphatic rings. The van der Waals surface area contributed by atoms with E-state index in [9.17, 15) is 13.2 Å². The molecule has 0 radical (unpaired) electrons. The Bertz CT molecular complexity index is 431. The second kappa shape index (κ2) is 4.43. The molecule has 1 aromatic carbocycles. The zero-order chi connectivity index (χ0) is 10.7. The summed E-state index contributed by atoms with van der Waals surface area (Å²) >= 11 is 5.63. The maximum Gasteiger partial charge on any atom is 0.339 e. The lowest BCUT2D eigenvalue weighted by molar-refractivity contribution is 0.0596. The van der Waals surface area contributed by atoms with E-state index in [-0.39, 0.29) is 15.5 Å². The Labute approximate surface area is 87.4 Å². The summed E-state index contributed by atoms with van der Waals surface area (Å²) in [5.74, 6) is -0.721. The van der Waals surface area contributed by atoms with Crippen LogP contribution in [0.25, 0.3) is 0 Å². The Morgan fingerprint density at radius 2 is 2.07 bits per heavy atom. The Morgan fingerprint density at radius 3 is 2.57 bits per heavy atom. The van der Waals surface area contributed by atoms with Crippen LogP contribution in [0.2, 0.25) is 5.02 Å². The van der Waals surface area contributed by atoms with Gasteiger partial charge in [0.05, 0.1) is 22.6 Å². The molecule has 0 saturated heterocycles. The van der Waals surface area contributed by atoms with Gasteiger partial charge in [0.1, 0.15) is 0 Å². The number of ether oxygens (including phenoxy) is 1. The highest BCUT2D eigenvalue weighted by Crippen LogP contribution is 2.21. The average Bonchev–Trinajstić information content (AvgIpc) is 2.15. The van der Waals surface area contributed by atoms with Crippen molar-refractivity contribution in [1.82, 2.24) is 0 Å². The van der Waals surface area contributed by atoms with Gasteiger partial charge in [-0.3, -0.25) is 0 Å². The number of carbonyl (C=O) groups is 1. The molecule has 14 heavy (non-hydrogen) atoms. The van der Waals surface area contributed by atoms with Crippen LogP contribution in [0.15, 0.2) is 23.1 Å². The fourth-order valence-electron chi connectivity index (χ4n) is 0.976. The van der Waals surface area contributed by atoms with Crippen LogP contribution in [0, 0.1) is 0 Å². The lowest BCUT2D eigenvalue weighted by atomic mass is 10.2. The summed E-state index contributed by atoms with van der Waals surface area (Å²) in [6.07, 6.45) is 0. The molecule has 0 heterocycles. The topological polar surface area (TPSA) is 60.4 Å². The van der Waals surface area contributed by atoms with Crippen molar-refractivity contribution in [3.05, 3.63) is 28.8 Å². The number of benzene rings is 1. The number of esters is 1. The molecule has 0 N–H and O–H groups in total. The van der Waals surface area contributed by atoms with E-state index in [1.807, 2.05) is 0 Å². The van der Waals surface area contributed by atoms with Crippen molar-refractivity contribution in [2.75, 3.05) is 7.11 Å². The first-order valence-corrected chi connectivity index (χ1v) is 5.14. The summed E-state index contributed by atoms with van der Waals surface area (Å²) in [5.41, 5.74) is -0.0453. The predicted molar refractivity (Wildman–Crippen MR) is 51.4 cm³/mol. The molecule has 1 aromatic rings. The highest BCUT2D eigenvalue weighted by Gasteiger charge is 2.16. The van der Waals surface area contributed by atoms with Crippen molar-refractivity contribution >= 4 is 28.3 Å². The van der Waals surface area contributed by atoms with Crippen molar-refractivity contribution in [3.63, 3.8) is 0 Å². The van der Waals surface area contributed by atoms with Crippen LogP contribution in [0.3, 0.4) is 0 Å². The van der Waals surface area contributed by atoms with Crippen LogP contribution in [0.5, 0.6) is 0 Å². The Kier molecular flexibility index (Phi) is 3.49. The molecule has 6 heteroatoms. The first-order chi connectivity index (χ1) is 6.57. The van der Waals surface area contributed by atoms with Gasteiger partial charge in [0.2, 0.25) is 0 Å².